The molecule has 2 saturated heterocycles. The van der Waals surface area contributed by atoms with Crippen molar-refractivity contribution in [3.8, 4) is 0 Å². The minimum atomic E-state index is -2.70. The monoisotopic (exact) mass is 492 g/mol. The highest BCUT2D eigenvalue weighted by Crippen LogP contribution is 2.28. The number of likely N-dealkylation sites (tertiary alicyclic amines) is 1. The van der Waals surface area contributed by atoms with Crippen LogP contribution in [0, 0.1) is 6.92 Å². The van der Waals surface area contributed by atoms with Crippen molar-refractivity contribution in [3.63, 3.8) is 0 Å². The Morgan fingerprint density at radius 1 is 1.26 bits per heavy atom. The van der Waals surface area contributed by atoms with E-state index >= 15 is 0 Å². The summed E-state index contributed by atoms with van der Waals surface area (Å²) in [5.74, 6) is 0.270. The van der Waals surface area contributed by atoms with E-state index in [2.05, 4.69) is 37.6 Å². The van der Waals surface area contributed by atoms with Crippen LogP contribution in [0.1, 0.15) is 49.4 Å². The number of piperidine rings is 1. The summed E-state index contributed by atoms with van der Waals surface area (Å²) < 4.78 is 34.3. The van der Waals surface area contributed by atoms with Gasteiger partial charge in [0.2, 0.25) is 11.9 Å². The summed E-state index contributed by atoms with van der Waals surface area (Å²) in [6.45, 7) is 6.20. The molecular weight excluding hydrogens is 458 g/mol. The molecular formula is C23H34F2N8O2. The van der Waals surface area contributed by atoms with Gasteiger partial charge in [0, 0.05) is 38.6 Å². The molecule has 1 amide bonds. The Labute approximate surface area is 204 Å². The molecule has 0 aromatic carbocycles. The molecule has 12 heteroatoms. The summed E-state index contributed by atoms with van der Waals surface area (Å²) in [5, 5.41) is 10.8. The van der Waals surface area contributed by atoms with Crippen LogP contribution in [0.3, 0.4) is 0 Å². The maximum Gasteiger partial charge on any atom is 0.268 e. The van der Waals surface area contributed by atoms with Gasteiger partial charge in [-0.3, -0.25) is 9.48 Å². The highest BCUT2D eigenvalue weighted by molar-refractivity contribution is 5.77. The van der Waals surface area contributed by atoms with Crippen LogP contribution in [0.15, 0.2) is 12.4 Å². The zero-order valence-electron chi connectivity index (χ0n) is 20.3. The summed E-state index contributed by atoms with van der Waals surface area (Å²) in [5.41, 5.74) is 1.29. The van der Waals surface area contributed by atoms with Gasteiger partial charge in [0.1, 0.15) is 12.4 Å². The van der Waals surface area contributed by atoms with Crippen molar-refractivity contribution in [2.75, 3.05) is 63.6 Å². The maximum absolute atomic E-state index is 13.6. The molecule has 2 aromatic rings. The number of hydrogen-bond donors (Lipinski definition) is 2. The molecule has 0 unspecified atom stereocenters. The summed E-state index contributed by atoms with van der Waals surface area (Å²) >= 11 is 0. The van der Waals surface area contributed by atoms with Gasteiger partial charge in [-0.05, 0) is 52.7 Å². The third-order valence-electron chi connectivity index (χ3n) is 6.47. The topological polar surface area (TPSA) is 100 Å². The van der Waals surface area contributed by atoms with Crippen LogP contribution in [0.4, 0.5) is 26.2 Å². The first-order valence-electron chi connectivity index (χ1n) is 12.2. The van der Waals surface area contributed by atoms with Gasteiger partial charge in [-0.1, -0.05) is 0 Å². The van der Waals surface area contributed by atoms with E-state index in [1.807, 2.05) is 17.8 Å². The second kappa shape index (κ2) is 11.7. The number of aryl methyl sites for hydroxylation is 1. The van der Waals surface area contributed by atoms with Crippen molar-refractivity contribution >= 4 is 23.4 Å². The second-order valence-corrected chi connectivity index (χ2v) is 9.13. The molecule has 2 N–H and O–H groups in total. The Hall–Kier alpha value is -2.86. The molecule has 2 aliphatic heterocycles. The van der Waals surface area contributed by atoms with Gasteiger partial charge in [0.15, 0.2) is 0 Å². The Kier molecular flexibility index (Phi) is 8.45. The molecule has 2 aromatic heterocycles. The number of rotatable bonds is 9. The predicted octanol–water partition coefficient (Wildman–Crippen LogP) is 2.98. The van der Waals surface area contributed by atoms with Crippen LogP contribution in [-0.4, -0.2) is 88.4 Å². The molecule has 0 bridgehead atoms. The van der Waals surface area contributed by atoms with Crippen LogP contribution in [0.25, 0.3) is 0 Å². The van der Waals surface area contributed by atoms with Crippen molar-refractivity contribution < 1.29 is 18.3 Å². The molecule has 4 heterocycles. The van der Waals surface area contributed by atoms with Crippen molar-refractivity contribution in [1.82, 2.24) is 29.5 Å². The van der Waals surface area contributed by atoms with Crippen LogP contribution in [0.5, 0.6) is 0 Å². The van der Waals surface area contributed by atoms with E-state index < -0.39 is 6.43 Å². The molecule has 4 rings (SSSR count). The summed E-state index contributed by atoms with van der Waals surface area (Å²) in [6, 6.07) is 0.336. The molecule has 0 radical (unpaired) electrons. The lowest BCUT2D eigenvalue weighted by atomic mass is 10.1. The van der Waals surface area contributed by atoms with Gasteiger partial charge in [-0.2, -0.15) is 10.1 Å². The van der Waals surface area contributed by atoms with Crippen molar-refractivity contribution in [3.05, 3.63) is 23.7 Å². The van der Waals surface area contributed by atoms with Gasteiger partial charge in [-0.25, -0.2) is 13.8 Å². The van der Waals surface area contributed by atoms with E-state index in [-0.39, 0.29) is 29.8 Å². The number of hydrogen-bond acceptors (Lipinski definition) is 8. The number of carbonyl (C=O) groups is 1. The molecule has 35 heavy (non-hydrogen) atoms. The van der Waals surface area contributed by atoms with Gasteiger partial charge < -0.3 is 25.2 Å². The van der Waals surface area contributed by atoms with Crippen LogP contribution in [-0.2, 0) is 9.53 Å². The molecule has 0 aliphatic carbocycles. The molecule has 10 nitrogen and oxygen atoms in total. The lowest BCUT2D eigenvalue weighted by Gasteiger charge is -2.28. The Morgan fingerprint density at radius 2 is 2.06 bits per heavy atom. The fourth-order valence-corrected chi connectivity index (χ4v) is 4.37. The first-order valence-corrected chi connectivity index (χ1v) is 12.2. The molecule has 0 saturated carbocycles. The third-order valence-corrected chi connectivity index (χ3v) is 6.47. The quantitative estimate of drug-likeness (QED) is 0.516. The zero-order chi connectivity index (χ0) is 24.8. The fraction of sp³-hybridized carbons (Fsp3) is 0.652. The van der Waals surface area contributed by atoms with Crippen molar-refractivity contribution in [2.24, 2.45) is 0 Å². The fourth-order valence-electron chi connectivity index (χ4n) is 4.37. The highest BCUT2D eigenvalue weighted by Gasteiger charge is 2.21. The van der Waals surface area contributed by atoms with Crippen molar-refractivity contribution in [2.45, 2.75) is 45.1 Å². The highest BCUT2D eigenvalue weighted by atomic mass is 19.3. The zero-order valence-corrected chi connectivity index (χ0v) is 20.3. The minimum Gasteiger partial charge on any atom is -0.372 e. The van der Waals surface area contributed by atoms with Gasteiger partial charge in [0.05, 0.1) is 23.0 Å². The molecule has 0 spiro atoms. The van der Waals surface area contributed by atoms with Gasteiger partial charge in [0.25, 0.3) is 6.43 Å². The number of amides is 1. The van der Waals surface area contributed by atoms with E-state index in [9.17, 15) is 13.6 Å². The number of nitrogens with one attached hydrogen (secondary N) is 2. The summed E-state index contributed by atoms with van der Waals surface area (Å²) in [7, 11) is 2.12. The molecule has 2 aliphatic rings. The lowest BCUT2D eigenvalue weighted by molar-refractivity contribution is -0.133. The van der Waals surface area contributed by atoms with Crippen LogP contribution >= 0.6 is 0 Å². The van der Waals surface area contributed by atoms with Crippen LogP contribution < -0.4 is 10.6 Å². The van der Waals surface area contributed by atoms with E-state index in [1.54, 1.807) is 4.90 Å². The number of carbonyl (C=O) groups excluding carboxylic acids is 1. The number of halogens is 2. The number of alkyl halides is 2. The SMILES string of the molecule is Cc1nn(C2CCN(C)CC2)cc1Nc1ncc(C(F)F)c(NCCCN2CCCOCC2=O)n1. The number of ether oxygens (including phenoxy) is 1. The van der Waals surface area contributed by atoms with Crippen LogP contribution in [0.2, 0.25) is 0 Å². The minimum absolute atomic E-state index is 0.0412. The standard InChI is InChI=1S/C23H34F2N8O2/c1-16-19(14-33(30-16)17-5-10-31(2)11-6-17)28-23-27-13-18(21(24)25)22(29-23)26-7-3-8-32-9-4-12-35-15-20(32)34/h13-14,17,21H,3-12,15H2,1-2H3,(H2,26,27,28,29). The Balaban J connectivity index is 1.38. The Bertz CT molecular complexity index is 994. The Morgan fingerprint density at radius 3 is 2.83 bits per heavy atom. The first-order chi connectivity index (χ1) is 16.9. The normalized spacial score (nSPS) is 18.2. The predicted molar refractivity (Wildman–Crippen MR) is 128 cm³/mol. The average molecular weight is 493 g/mol. The third kappa shape index (κ3) is 6.63. The van der Waals surface area contributed by atoms with Gasteiger partial charge >= 0.3 is 0 Å². The molecule has 192 valence electrons. The van der Waals surface area contributed by atoms with E-state index in [0.29, 0.717) is 38.7 Å². The summed E-state index contributed by atoms with van der Waals surface area (Å²) in [4.78, 5) is 24.5. The second-order valence-electron chi connectivity index (χ2n) is 9.13. The largest absolute Gasteiger partial charge is 0.372 e. The van der Waals surface area contributed by atoms with Gasteiger partial charge in [-0.15, -0.1) is 0 Å². The number of anilines is 3. The number of nitrogens with zero attached hydrogens (tertiary/aromatic N) is 6. The lowest BCUT2D eigenvalue weighted by Crippen LogP contribution is -2.34. The van der Waals surface area contributed by atoms with E-state index in [1.165, 1.54) is 0 Å². The molecule has 2 fully saturated rings. The first kappa shape index (κ1) is 25.2. The van der Waals surface area contributed by atoms with E-state index in [0.717, 1.165) is 49.9 Å². The maximum atomic E-state index is 13.6. The summed E-state index contributed by atoms with van der Waals surface area (Å²) in [6.07, 6.45) is 3.83. The van der Waals surface area contributed by atoms with E-state index in [4.69, 9.17) is 4.74 Å². The number of aromatic nitrogens is 4. The molecule has 0 atom stereocenters. The average Bonchev–Trinajstić information content (AvgIpc) is 3.06. The van der Waals surface area contributed by atoms with Crippen molar-refractivity contribution in [1.29, 1.82) is 0 Å². The smallest absolute Gasteiger partial charge is 0.268 e.